The second-order valence-electron chi connectivity index (χ2n) is 16.9. The number of likely N-dealkylation sites (N-methyl/N-ethyl adjacent to an activating group) is 1. The Balaban J connectivity index is 1.16. The van der Waals surface area contributed by atoms with Gasteiger partial charge in [0.05, 0.1) is 21.1 Å². The summed E-state index contributed by atoms with van der Waals surface area (Å²) in [5, 5.41) is 11.9. The first-order chi connectivity index (χ1) is 31.0. The molecule has 1 aliphatic carbocycles. The highest BCUT2D eigenvalue weighted by Gasteiger charge is 2.32. The van der Waals surface area contributed by atoms with Gasteiger partial charge in [-0.3, -0.25) is 4.90 Å². The number of nitrogens with zero attached hydrogens (tertiary/aromatic N) is 6. The number of thiophene rings is 1. The number of halogens is 3. The van der Waals surface area contributed by atoms with Crippen molar-refractivity contribution < 1.29 is 33.2 Å². The summed E-state index contributed by atoms with van der Waals surface area (Å²) in [6.07, 6.45) is 6.76. The molecular formula is C48H49Cl2FN6O6S. The number of carboxylic acid groups (broad SMARTS) is 1. The molecule has 0 unspecified atom stereocenters. The van der Waals surface area contributed by atoms with Crippen LogP contribution in [0.5, 0.6) is 23.1 Å². The third kappa shape index (κ3) is 9.34. The average Bonchev–Trinajstić information content (AvgIpc) is 3.69. The maximum atomic E-state index is 14.4. The number of carboxylic acids is 1. The quantitative estimate of drug-likeness (QED) is 0.156. The molecule has 3 aromatic carbocycles. The molecule has 2 atom stereocenters. The Bertz CT molecular complexity index is 2640. The Hall–Kier alpha value is -5.12. The smallest absolute Gasteiger partial charge is 0.345 e. The number of aliphatic carboxylic acids is 1. The number of piperazine rings is 1. The van der Waals surface area contributed by atoms with Crippen molar-refractivity contribution in [3.05, 3.63) is 105 Å². The van der Waals surface area contributed by atoms with Gasteiger partial charge in [0, 0.05) is 67.3 Å². The summed E-state index contributed by atoms with van der Waals surface area (Å²) < 4.78 is 40.7. The van der Waals surface area contributed by atoms with Gasteiger partial charge >= 0.3 is 5.97 Å². The molecule has 1 saturated carbocycles. The highest BCUT2D eigenvalue weighted by atomic mass is 35.5. The van der Waals surface area contributed by atoms with Gasteiger partial charge in [-0.1, -0.05) is 54.6 Å². The van der Waals surface area contributed by atoms with Crippen LogP contribution in [0.2, 0.25) is 10.0 Å². The fraction of sp³-hybridized carbons (Fsp3) is 0.396. The van der Waals surface area contributed by atoms with Crippen LogP contribution >= 0.6 is 34.5 Å². The van der Waals surface area contributed by atoms with E-state index in [4.69, 9.17) is 47.1 Å². The minimum atomic E-state index is -1.43. The number of hydrogen-bond donors (Lipinski definition) is 1. The molecule has 4 aliphatic rings. The number of benzene rings is 3. The SMILES string of the molecule is Cc1c(Cl)c2c(Cl)c(C)c1-c1c(-c3ccc(F)cc3)sc3ncnc(c13)O[C@@H](C(=O)O)Cc1cc(ccc1OCc1ccnc(C3CCCCC3)n1)OC[C@@H](CN1CCN(C)CC1)O2. The lowest BCUT2D eigenvalue weighted by Gasteiger charge is -2.35. The first-order valence-corrected chi connectivity index (χ1v) is 23.3. The maximum Gasteiger partial charge on any atom is 0.345 e. The lowest BCUT2D eigenvalue weighted by molar-refractivity contribution is -0.145. The monoisotopic (exact) mass is 926 g/mol. The molecule has 64 heavy (non-hydrogen) atoms. The Morgan fingerprint density at radius 3 is 2.42 bits per heavy atom. The third-order valence-electron chi connectivity index (χ3n) is 12.4. The second kappa shape index (κ2) is 19.2. The first kappa shape index (κ1) is 44.1. The Labute approximate surface area is 385 Å². The van der Waals surface area contributed by atoms with Crippen LogP contribution in [-0.4, -0.2) is 99.4 Å². The fourth-order valence-corrected chi connectivity index (χ4v) is 10.6. The average molecular weight is 928 g/mol. The molecule has 1 saturated heterocycles. The van der Waals surface area contributed by atoms with E-state index in [0.29, 0.717) is 83.4 Å². The summed E-state index contributed by atoms with van der Waals surface area (Å²) in [5.74, 6) is 0.865. The zero-order valence-corrected chi connectivity index (χ0v) is 38.2. The van der Waals surface area contributed by atoms with E-state index in [-0.39, 0.29) is 31.3 Å². The van der Waals surface area contributed by atoms with Gasteiger partial charge in [0.25, 0.3) is 0 Å². The van der Waals surface area contributed by atoms with Crippen LogP contribution in [0.4, 0.5) is 4.39 Å². The van der Waals surface area contributed by atoms with Gasteiger partial charge < -0.3 is 29.0 Å². The highest BCUT2D eigenvalue weighted by Crippen LogP contribution is 2.53. The zero-order chi connectivity index (χ0) is 44.5. The lowest BCUT2D eigenvalue weighted by Crippen LogP contribution is -2.49. The topological polar surface area (TPSA) is 132 Å². The maximum absolute atomic E-state index is 14.4. The summed E-state index contributed by atoms with van der Waals surface area (Å²) in [7, 11) is 2.11. The van der Waals surface area contributed by atoms with E-state index in [1.807, 2.05) is 19.9 Å². The van der Waals surface area contributed by atoms with Crippen LogP contribution in [-0.2, 0) is 17.8 Å². The molecule has 3 aliphatic heterocycles. The summed E-state index contributed by atoms with van der Waals surface area (Å²) in [5.41, 5.74) is 4.60. The zero-order valence-electron chi connectivity index (χ0n) is 35.9. The normalized spacial score (nSPS) is 18.8. The molecule has 2 fully saturated rings. The van der Waals surface area contributed by atoms with Crippen molar-refractivity contribution in [2.24, 2.45) is 0 Å². The number of carbonyl (C=O) groups is 1. The summed E-state index contributed by atoms with van der Waals surface area (Å²) in [6.45, 7) is 8.10. The first-order valence-electron chi connectivity index (χ1n) is 21.7. The number of ether oxygens (including phenoxy) is 4. The summed E-state index contributed by atoms with van der Waals surface area (Å²) >= 11 is 16.0. The van der Waals surface area contributed by atoms with Gasteiger partial charge in [-0.2, -0.15) is 0 Å². The van der Waals surface area contributed by atoms with Gasteiger partial charge in [-0.25, -0.2) is 29.1 Å². The number of rotatable bonds is 8. The molecule has 0 spiro atoms. The minimum Gasteiger partial charge on any atom is -0.490 e. The molecule has 4 bridgehead atoms. The van der Waals surface area contributed by atoms with Crippen LogP contribution in [0.3, 0.4) is 0 Å². The second-order valence-corrected chi connectivity index (χ2v) is 18.6. The Morgan fingerprint density at radius 1 is 0.938 bits per heavy atom. The van der Waals surface area contributed by atoms with Gasteiger partial charge in [-0.05, 0) is 92.4 Å². The number of fused-ring (bicyclic) bond motifs is 7. The van der Waals surface area contributed by atoms with Gasteiger partial charge in [0.1, 0.15) is 53.6 Å². The molecule has 3 aromatic heterocycles. The summed E-state index contributed by atoms with van der Waals surface area (Å²) in [6, 6.07) is 13.4. The molecule has 12 nitrogen and oxygen atoms in total. The van der Waals surface area contributed by atoms with Crippen molar-refractivity contribution in [1.29, 1.82) is 0 Å². The Kier molecular flexibility index (Phi) is 13.2. The molecule has 16 heteroatoms. The van der Waals surface area contributed by atoms with Crippen molar-refractivity contribution in [1.82, 2.24) is 29.7 Å². The number of hydrogen-bond acceptors (Lipinski definition) is 12. The van der Waals surface area contributed by atoms with E-state index in [1.165, 1.54) is 49.1 Å². The third-order valence-corrected chi connectivity index (χ3v) is 14.5. The van der Waals surface area contributed by atoms with E-state index >= 15 is 0 Å². The van der Waals surface area contributed by atoms with Crippen molar-refractivity contribution in [3.8, 4) is 44.7 Å². The van der Waals surface area contributed by atoms with E-state index in [0.717, 1.165) is 55.4 Å². The van der Waals surface area contributed by atoms with Crippen LogP contribution in [0, 0.1) is 19.7 Å². The molecule has 1 N–H and O–H groups in total. The highest BCUT2D eigenvalue weighted by molar-refractivity contribution is 7.22. The molecule has 0 amide bonds. The van der Waals surface area contributed by atoms with Crippen LogP contribution in [0.15, 0.2) is 61.1 Å². The largest absolute Gasteiger partial charge is 0.490 e. The molecule has 6 aromatic rings. The predicted octanol–water partition coefficient (Wildman–Crippen LogP) is 9.97. The van der Waals surface area contributed by atoms with E-state index in [1.54, 1.807) is 36.5 Å². The Morgan fingerprint density at radius 2 is 1.69 bits per heavy atom. The fourth-order valence-electron chi connectivity index (χ4n) is 8.92. The minimum absolute atomic E-state index is 0.0473. The molecule has 6 heterocycles. The van der Waals surface area contributed by atoms with Gasteiger partial charge in [-0.15, -0.1) is 11.3 Å². The molecule has 10 rings (SSSR count). The van der Waals surface area contributed by atoms with E-state index < -0.39 is 18.2 Å². The van der Waals surface area contributed by atoms with Crippen LogP contribution in [0.1, 0.15) is 66.2 Å². The van der Waals surface area contributed by atoms with Gasteiger partial charge in [0.2, 0.25) is 12.0 Å². The van der Waals surface area contributed by atoms with Crippen molar-refractivity contribution in [3.63, 3.8) is 0 Å². The van der Waals surface area contributed by atoms with E-state index in [9.17, 15) is 14.3 Å². The lowest BCUT2D eigenvalue weighted by atomic mass is 9.89. The molecular weight excluding hydrogens is 879 g/mol. The summed E-state index contributed by atoms with van der Waals surface area (Å²) in [4.78, 5) is 37.8. The van der Waals surface area contributed by atoms with Crippen LogP contribution < -0.4 is 18.9 Å². The van der Waals surface area contributed by atoms with Gasteiger partial charge in [0.15, 0.2) is 5.75 Å². The number of aromatic nitrogens is 4. The molecule has 334 valence electrons. The predicted molar refractivity (Wildman–Crippen MR) is 246 cm³/mol. The van der Waals surface area contributed by atoms with Crippen molar-refractivity contribution >= 4 is 50.7 Å². The standard InChI is InChI=1S/C48H49Cl2FN6O6S/c1-27-38-28(2)42(50)43(41(27)49)62-35(23-57-19-17-56(3)18-20-57)25-60-34-13-14-36(61-24-33-15-16-52-45(55-33)30-7-5-4-6-8-30)31(21-34)22-37(48(58)59)63-46-40-39(38)44(64-47(40)54-26-53-46)29-9-11-32(51)12-10-29/h9-16,21,26,30,35,37H,4-8,17-20,22-25H2,1-3H3,(H,58,59)/t35-,37-/m1/s1. The van der Waals surface area contributed by atoms with Crippen molar-refractivity contribution in [2.75, 3.05) is 46.4 Å². The molecule has 0 radical (unpaired) electrons. The van der Waals surface area contributed by atoms with Crippen molar-refractivity contribution in [2.45, 2.75) is 77.1 Å². The van der Waals surface area contributed by atoms with E-state index in [2.05, 4.69) is 31.8 Å². The van der Waals surface area contributed by atoms with Crippen LogP contribution in [0.25, 0.3) is 31.8 Å².